The highest BCUT2D eigenvalue weighted by atomic mass is 35.5. The minimum absolute atomic E-state index is 0.0293. The molecule has 0 radical (unpaired) electrons. The highest BCUT2D eigenvalue weighted by Gasteiger charge is 2.19. The first kappa shape index (κ1) is 20.4. The molecule has 2 aromatic carbocycles. The predicted octanol–water partition coefficient (Wildman–Crippen LogP) is 5.51. The summed E-state index contributed by atoms with van der Waals surface area (Å²) in [7, 11) is -3.98. The second-order valence-corrected chi connectivity index (χ2v) is 9.07. The van der Waals surface area contributed by atoms with Crippen molar-refractivity contribution in [3.05, 3.63) is 81.0 Å². The summed E-state index contributed by atoms with van der Waals surface area (Å²) in [6, 6.07) is 14.3. The average molecular weight is 453 g/mol. The van der Waals surface area contributed by atoms with Crippen LogP contribution < -0.4 is 10.0 Å². The van der Waals surface area contributed by atoms with Crippen molar-refractivity contribution in [2.75, 3.05) is 10.0 Å². The topological polar surface area (TPSA) is 75.3 Å². The number of rotatable bonds is 6. The number of amides is 1. The molecule has 0 spiro atoms. The Morgan fingerprint density at radius 1 is 1.00 bits per heavy atom. The lowest BCUT2D eigenvalue weighted by molar-refractivity contribution is -0.111. The second kappa shape index (κ2) is 8.79. The van der Waals surface area contributed by atoms with Crippen molar-refractivity contribution in [2.24, 2.45) is 0 Å². The number of benzene rings is 2. The van der Waals surface area contributed by atoms with Crippen LogP contribution in [0.3, 0.4) is 0 Å². The van der Waals surface area contributed by atoms with Crippen LogP contribution in [0.4, 0.5) is 11.4 Å². The van der Waals surface area contributed by atoms with Crippen LogP contribution in [0, 0.1) is 0 Å². The zero-order chi connectivity index (χ0) is 20.1. The number of sulfonamides is 1. The third-order valence-electron chi connectivity index (χ3n) is 3.51. The highest BCUT2D eigenvalue weighted by molar-refractivity contribution is 7.92. The first-order valence-electron chi connectivity index (χ1n) is 7.94. The molecular weight excluding hydrogens is 439 g/mol. The Labute approximate surface area is 176 Å². The summed E-state index contributed by atoms with van der Waals surface area (Å²) < 4.78 is 27.8. The molecule has 144 valence electrons. The Morgan fingerprint density at radius 3 is 2.54 bits per heavy atom. The van der Waals surface area contributed by atoms with Gasteiger partial charge in [0, 0.05) is 21.7 Å². The summed E-state index contributed by atoms with van der Waals surface area (Å²) in [6.45, 7) is 0. The van der Waals surface area contributed by atoms with E-state index in [0.29, 0.717) is 16.4 Å². The van der Waals surface area contributed by atoms with E-state index in [1.54, 1.807) is 24.3 Å². The van der Waals surface area contributed by atoms with Crippen LogP contribution in [-0.4, -0.2) is 14.3 Å². The lowest BCUT2D eigenvalue weighted by Crippen LogP contribution is -2.14. The number of hydrogen-bond acceptors (Lipinski definition) is 4. The highest BCUT2D eigenvalue weighted by Crippen LogP contribution is 2.27. The molecule has 3 rings (SSSR count). The van der Waals surface area contributed by atoms with Crippen molar-refractivity contribution >= 4 is 67.9 Å². The minimum atomic E-state index is -3.98. The molecule has 0 saturated heterocycles. The summed E-state index contributed by atoms with van der Waals surface area (Å²) in [5.41, 5.74) is 0.605. The van der Waals surface area contributed by atoms with Crippen molar-refractivity contribution in [1.29, 1.82) is 0 Å². The molecule has 0 aliphatic heterocycles. The maximum Gasteiger partial charge on any atom is 0.263 e. The van der Waals surface area contributed by atoms with Gasteiger partial charge in [0.05, 0.1) is 10.7 Å². The molecule has 3 aromatic rings. The van der Waals surface area contributed by atoms with Gasteiger partial charge in [-0.3, -0.25) is 9.52 Å². The molecule has 0 aliphatic rings. The smallest absolute Gasteiger partial charge is 0.263 e. The van der Waals surface area contributed by atoms with Crippen LogP contribution in [0.5, 0.6) is 0 Å². The van der Waals surface area contributed by atoms with Crippen molar-refractivity contribution in [3.63, 3.8) is 0 Å². The Kier molecular flexibility index (Phi) is 6.41. The number of carbonyl (C=O) groups excluding carboxylic acids is 1. The van der Waals surface area contributed by atoms with E-state index in [1.165, 1.54) is 41.7 Å². The molecule has 0 fully saturated rings. The number of anilines is 2. The van der Waals surface area contributed by atoms with E-state index in [4.69, 9.17) is 23.2 Å². The SMILES string of the molecule is O=C(/C=C/c1cccs1)Nc1ccc(Cl)c(S(=O)(=O)Nc2cccc(Cl)c2)c1. The van der Waals surface area contributed by atoms with E-state index in [1.807, 2.05) is 17.5 Å². The standard InChI is InChI=1S/C19H14Cl2N2O3S2/c20-13-3-1-4-15(11-13)23-28(25,26)18-12-14(6-8-17(18)21)22-19(24)9-7-16-5-2-10-27-16/h1-12,23H,(H,22,24)/b9-7+. The molecule has 0 aliphatic carbocycles. The lowest BCUT2D eigenvalue weighted by Gasteiger charge is -2.11. The molecule has 9 heteroatoms. The van der Waals surface area contributed by atoms with E-state index < -0.39 is 10.0 Å². The summed E-state index contributed by atoms with van der Waals surface area (Å²) in [5, 5.41) is 4.95. The normalized spacial score (nSPS) is 11.5. The zero-order valence-corrected chi connectivity index (χ0v) is 17.4. The van der Waals surface area contributed by atoms with Gasteiger partial charge in [0.25, 0.3) is 10.0 Å². The van der Waals surface area contributed by atoms with E-state index in [9.17, 15) is 13.2 Å². The largest absolute Gasteiger partial charge is 0.322 e. The van der Waals surface area contributed by atoms with E-state index in [2.05, 4.69) is 10.0 Å². The molecule has 1 heterocycles. The predicted molar refractivity (Wildman–Crippen MR) is 116 cm³/mol. The van der Waals surface area contributed by atoms with Crippen molar-refractivity contribution in [3.8, 4) is 0 Å². The number of halogens is 2. The second-order valence-electron chi connectivity index (χ2n) is 5.60. The Hall–Kier alpha value is -2.32. The first-order valence-corrected chi connectivity index (χ1v) is 11.1. The Balaban J connectivity index is 1.79. The number of carbonyl (C=O) groups is 1. The van der Waals surface area contributed by atoms with Gasteiger partial charge in [-0.2, -0.15) is 0 Å². The summed E-state index contributed by atoms with van der Waals surface area (Å²) >= 11 is 13.5. The van der Waals surface area contributed by atoms with Crippen LogP contribution in [0.25, 0.3) is 6.08 Å². The molecule has 2 N–H and O–H groups in total. The van der Waals surface area contributed by atoms with Crippen LogP contribution in [0.2, 0.25) is 10.0 Å². The van der Waals surface area contributed by atoms with Crippen LogP contribution in [-0.2, 0) is 14.8 Å². The van der Waals surface area contributed by atoms with Crippen molar-refractivity contribution in [2.45, 2.75) is 4.90 Å². The molecule has 5 nitrogen and oxygen atoms in total. The molecule has 0 unspecified atom stereocenters. The third-order valence-corrected chi connectivity index (χ3v) is 6.44. The first-order chi connectivity index (χ1) is 13.3. The quantitative estimate of drug-likeness (QED) is 0.484. The molecule has 1 amide bonds. The Bertz CT molecular complexity index is 1130. The van der Waals surface area contributed by atoms with Gasteiger partial charge >= 0.3 is 0 Å². The van der Waals surface area contributed by atoms with Gasteiger partial charge in [-0.1, -0.05) is 35.3 Å². The van der Waals surface area contributed by atoms with Gasteiger partial charge in [0.15, 0.2) is 0 Å². The maximum atomic E-state index is 12.7. The van der Waals surface area contributed by atoms with Gasteiger partial charge in [0.2, 0.25) is 5.91 Å². The zero-order valence-electron chi connectivity index (χ0n) is 14.2. The minimum Gasteiger partial charge on any atom is -0.322 e. The lowest BCUT2D eigenvalue weighted by atomic mass is 10.3. The fourth-order valence-corrected chi connectivity index (χ4v) is 4.66. The fraction of sp³-hybridized carbons (Fsp3) is 0. The maximum absolute atomic E-state index is 12.7. The van der Waals surface area contributed by atoms with E-state index in [-0.39, 0.29) is 15.8 Å². The van der Waals surface area contributed by atoms with E-state index in [0.717, 1.165) is 4.88 Å². The Morgan fingerprint density at radius 2 is 1.82 bits per heavy atom. The fourth-order valence-electron chi connectivity index (χ4n) is 2.28. The number of hydrogen-bond donors (Lipinski definition) is 2. The van der Waals surface area contributed by atoms with Gasteiger partial charge in [-0.25, -0.2) is 8.42 Å². The van der Waals surface area contributed by atoms with Crippen LogP contribution >= 0.6 is 34.5 Å². The van der Waals surface area contributed by atoms with Gasteiger partial charge in [-0.05, 0) is 53.9 Å². The molecule has 1 aromatic heterocycles. The molecule has 0 atom stereocenters. The van der Waals surface area contributed by atoms with E-state index >= 15 is 0 Å². The third kappa shape index (κ3) is 5.36. The van der Waals surface area contributed by atoms with Crippen molar-refractivity contribution in [1.82, 2.24) is 0 Å². The van der Waals surface area contributed by atoms with Gasteiger partial charge in [-0.15, -0.1) is 11.3 Å². The average Bonchev–Trinajstić information content (AvgIpc) is 3.15. The van der Waals surface area contributed by atoms with Crippen molar-refractivity contribution < 1.29 is 13.2 Å². The van der Waals surface area contributed by atoms with Crippen LogP contribution in [0.15, 0.2) is 70.9 Å². The summed E-state index contributed by atoms with van der Waals surface area (Å²) in [6.07, 6.45) is 3.05. The summed E-state index contributed by atoms with van der Waals surface area (Å²) in [5.74, 6) is -0.387. The molecule has 0 saturated carbocycles. The van der Waals surface area contributed by atoms with Gasteiger partial charge in [0.1, 0.15) is 4.90 Å². The molecule has 0 bridgehead atoms. The molecular formula is C19H14Cl2N2O3S2. The monoisotopic (exact) mass is 452 g/mol. The summed E-state index contributed by atoms with van der Waals surface area (Å²) in [4.78, 5) is 12.8. The van der Waals surface area contributed by atoms with Crippen LogP contribution in [0.1, 0.15) is 4.88 Å². The number of nitrogens with one attached hydrogen (secondary N) is 2. The van der Waals surface area contributed by atoms with Gasteiger partial charge < -0.3 is 5.32 Å². The number of thiophene rings is 1. The molecule has 28 heavy (non-hydrogen) atoms.